The van der Waals surface area contributed by atoms with Crippen LogP contribution < -0.4 is 10.6 Å². The lowest BCUT2D eigenvalue weighted by atomic mass is 9.73. The van der Waals surface area contributed by atoms with Gasteiger partial charge in [0.2, 0.25) is 5.91 Å². The van der Waals surface area contributed by atoms with Gasteiger partial charge in [-0.15, -0.1) is 0 Å². The van der Waals surface area contributed by atoms with E-state index in [9.17, 15) is 18.0 Å². The van der Waals surface area contributed by atoms with Gasteiger partial charge in [0.25, 0.3) is 5.92 Å². The fraction of sp³-hybridized carbons (Fsp3) is 0.500. The summed E-state index contributed by atoms with van der Waals surface area (Å²) in [6, 6.07) is 3.93. The van der Waals surface area contributed by atoms with E-state index in [0.717, 1.165) is 32.0 Å². The molecule has 130 valence electrons. The van der Waals surface area contributed by atoms with Crippen LogP contribution in [0.15, 0.2) is 24.3 Å². The third-order valence-electron chi connectivity index (χ3n) is 5.11. The van der Waals surface area contributed by atoms with Crippen molar-refractivity contribution in [1.82, 2.24) is 10.6 Å². The zero-order valence-corrected chi connectivity index (χ0v) is 13.6. The van der Waals surface area contributed by atoms with Gasteiger partial charge in [0.15, 0.2) is 0 Å². The van der Waals surface area contributed by atoms with Gasteiger partial charge in [0.1, 0.15) is 5.82 Å². The molecule has 1 saturated heterocycles. The molecule has 0 aromatic heterocycles. The second kappa shape index (κ2) is 6.24. The number of piperidine rings is 1. The van der Waals surface area contributed by atoms with Crippen LogP contribution in [0.2, 0.25) is 0 Å². The number of hydrogen-bond acceptors (Lipinski definition) is 2. The maximum atomic E-state index is 14.6. The Hall–Kier alpha value is -1.82. The van der Waals surface area contributed by atoms with E-state index in [1.165, 1.54) is 19.1 Å². The first-order valence-corrected chi connectivity index (χ1v) is 8.29. The zero-order chi connectivity index (χ0) is 17.4. The summed E-state index contributed by atoms with van der Waals surface area (Å²) in [5.74, 6) is -4.33. The lowest BCUT2D eigenvalue weighted by Gasteiger charge is -2.38. The van der Waals surface area contributed by atoms with Crippen LogP contribution >= 0.6 is 0 Å². The number of rotatable bonds is 3. The van der Waals surface area contributed by atoms with Gasteiger partial charge in [-0.05, 0) is 38.4 Å². The van der Waals surface area contributed by atoms with Gasteiger partial charge in [-0.3, -0.25) is 4.79 Å². The van der Waals surface area contributed by atoms with E-state index < -0.39 is 29.1 Å². The van der Waals surface area contributed by atoms with E-state index in [2.05, 4.69) is 10.6 Å². The minimum absolute atomic E-state index is 0.0257. The Balaban J connectivity index is 1.93. The standard InChI is InChI=1S/C18H21F3N2O/c1-2-18(20,21)13-5-3-4-12(15(13)19)14-6-7-17(16(24)23-14)8-10-22-11-9-17/h3-6,22H,2,7-11H2,1H3,(H,23,24). The highest BCUT2D eigenvalue weighted by molar-refractivity contribution is 5.93. The second-order valence-electron chi connectivity index (χ2n) is 6.53. The third kappa shape index (κ3) is 2.83. The summed E-state index contributed by atoms with van der Waals surface area (Å²) in [7, 11) is 0. The molecule has 3 rings (SSSR count). The first kappa shape index (κ1) is 17.0. The molecule has 24 heavy (non-hydrogen) atoms. The minimum atomic E-state index is -3.23. The molecule has 0 saturated carbocycles. The van der Waals surface area contributed by atoms with Gasteiger partial charge in [-0.1, -0.05) is 25.1 Å². The number of allylic oxidation sites excluding steroid dienone is 1. The molecule has 1 amide bonds. The van der Waals surface area contributed by atoms with Crippen molar-refractivity contribution in [2.75, 3.05) is 13.1 Å². The highest BCUT2D eigenvalue weighted by atomic mass is 19.3. The van der Waals surface area contributed by atoms with Gasteiger partial charge >= 0.3 is 0 Å². The monoisotopic (exact) mass is 338 g/mol. The second-order valence-corrected chi connectivity index (χ2v) is 6.53. The lowest BCUT2D eigenvalue weighted by Crippen LogP contribution is -2.49. The van der Waals surface area contributed by atoms with Crippen LogP contribution in [0.4, 0.5) is 13.2 Å². The summed E-state index contributed by atoms with van der Waals surface area (Å²) in [6.07, 6.45) is 3.23. The van der Waals surface area contributed by atoms with Gasteiger partial charge in [-0.25, -0.2) is 13.2 Å². The molecular weight excluding hydrogens is 317 g/mol. The summed E-state index contributed by atoms with van der Waals surface area (Å²) in [5, 5.41) is 5.96. The Bertz CT molecular complexity index is 679. The van der Waals surface area contributed by atoms with Gasteiger partial charge < -0.3 is 10.6 Å². The molecule has 2 aliphatic rings. The molecule has 1 spiro atoms. The molecule has 1 aromatic carbocycles. The quantitative estimate of drug-likeness (QED) is 0.885. The molecular formula is C18H21F3N2O. The molecule has 1 aromatic rings. The Morgan fingerprint density at radius 3 is 2.58 bits per heavy atom. The van der Waals surface area contributed by atoms with E-state index >= 15 is 0 Å². The summed E-state index contributed by atoms with van der Waals surface area (Å²) < 4.78 is 42.4. The van der Waals surface area contributed by atoms with Crippen molar-refractivity contribution in [3.8, 4) is 0 Å². The molecule has 0 radical (unpaired) electrons. The predicted octanol–water partition coefficient (Wildman–Crippen LogP) is 3.56. The first-order chi connectivity index (χ1) is 11.4. The van der Waals surface area contributed by atoms with Crippen LogP contribution in [0.25, 0.3) is 5.70 Å². The maximum absolute atomic E-state index is 14.6. The fourth-order valence-electron chi connectivity index (χ4n) is 3.42. The minimum Gasteiger partial charge on any atom is -0.325 e. The summed E-state index contributed by atoms with van der Waals surface area (Å²) in [4.78, 5) is 12.6. The van der Waals surface area contributed by atoms with Crippen molar-refractivity contribution in [3.05, 3.63) is 41.2 Å². The molecule has 0 aliphatic carbocycles. The molecule has 0 unspecified atom stereocenters. The summed E-state index contributed by atoms with van der Waals surface area (Å²) in [5.41, 5.74) is -0.774. The predicted molar refractivity (Wildman–Crippen MR) is 85.9 cm³/mol. The van der Waals surface area contributed by atoms with Crippen molar-refractivity contribution < 1.29 is 18.0 Å². The fourth-order valence-corrected chi connectivity index (χ4v) is 3.42. The lowest BCUT2D eigenvalue weighted by molar-refractivity contribution is -0.131. The Morgan fingerprint density at radius 1 is 1.25 bits per heavy atom. The Kier molecular flexibility index (Phi) is 4.42. The smallest absolute Gasteiger partial charge is 0.275 e. The van der Waals surface area contributed by atoms with E-state index in [1.807, 2.05) is 0 Å². The van der Waals surface area contributed by atoms with Crippen molar-refractivity contribution in [2.45, 2.75) is 38.5 Å². The molecule has 6 heteroatoms. The molecule has 2 heterocycles. The highest BCUT2D eigenvalue weighted by Crippen LogP contribution is 2.40. The Morgan fingerprint density at radius 2 is 1.96 bits per heavy atom. The zero-order valence-electron chi connectivity index (χ0n) is 13.6. The SMILES string of the molecule is CCC(F)(F)c1cccc(C2=CCC3(CCNCC3)C(=O)N2)c1F. The van der Waals surface area contributed by atoms with Crippen LogP contribution in [0.5, 0.6) is 0 Å². The van der Waals surface area contributed by atoms with Crippen LogP contribution in [-0.2, 0) is 10.7 Å². The molecule has 3 nitrogen and oxygen atoms in total. The number of amides is 1. The van der Waals surface area contributed by atoms with E-state index in [0.29, 0.717) is 6.42 Å². The van der Waals surface area contributed by atoms with Crippen LogP contribution in [0, 0.1) is 11.2 Å². The van der Waals surface area contributed by atoms with Crippen molar-refractivity contribution in [3.63, 3.8) is 0 Å². The van der Waals surface area contributed by atoms with E-state index in [-0.39, 0.29) is 17.2 Å². The number of benzene rings is 1. The normalized spacial score (nSPS) is 20.7. The average Bonchev–Trinajstić information content (AvgIpc) is 2.58. The summed E-state index contributed by atoms with van der Waals surface area (Å²) >= 11 is 0. The number of carbonyl (C=O) groups is 1. The number of halogens is 3. The topological polar surface area (TPSA) is 41.1 Å². The van der Waals surface area contributed by atoms with E-state index in [4.69, 9.17) is 0 Å². The molecule has 1 fully saturated rings. The number of nitrogens with one attached hydrogen (secondary N) is 2. The largest absolute Gasteiger partial charge is 0.325 e. The van der Waals surface area contributed by atoms with Gasteiger partial charge in [0, 0.05) is 17.7 Å². The molecule has 0 atom stereocenters. The number of carbonyl (C=O) groups excluding carboxylic acids is 1. The van der Waals surface area contributed by atoms with Crippen molar-refractivity contribution >= 4 is 11.6 Å². The average molecular weight is 338 g/mol. The molecule has 2 N–H and O–H groups in total. The Labute approximate surface area is 139 Å². The molecule has 0 bridgehead atoms. The number of alkyl halides is 2. The van der Waals surface area contributed by atoms with Crippen molar-refractivity contribution in [2.24, 2.45) is 5.41 Å². The summed E-state index contributed by atoms with van der Waals surface area (Å²) in [6.45, 7) is 2.85. The van der Waals surface area contributed by atoms with Gasteiger partial charge in [-0.2, -0.15) is 0 Å². The van der Waals surface area contributed by atoms with E-state index in [1.54, 1.807) is 6.08 Å². The van der Waals surface area contributed by atoms with Crippen LogP contribution in [0.1, 0.15) is 43.7 Å². The first-order valence-electron chi connectivity index (χ1n) is 8.29. The van der Waals surface area contributed by atoms with Crippen LogP contribution in [-0.4, -0.2) is 19.0 Å². The highest BCUT2D eigenvalue weighted by Gasteiger charge is 2.42. The van der Waals surface area contributed by atoms with Crippen LogP contribution in [0.3, 0.4) is 0 Å². The van der Waals surface area contributed by atoms with Crippen molar-refractivity contribution in [1.29, 1.82) is 0 Å². The number of hydrogen-bond donors (Lipinski definition) is 2. The van der Waals surface area contributed by atoms with Gasteiger partial charge in [0.05, 0.1) is 11.0 Å². The third-order valence-corrected chi connectivity index (χ3v) is 5.11. The molecule has 2 aliphatic heterocycles. The maximum Gasteiger partial charge on any atom is 0.275 e.